The Labute approximate surface area is 188 Å². The third kappa shape index (κ3) is 3.90. The molecule has 0 radical (unpaired) electrons. The van der Waals surface area contributed by atoms with Crippen molar-refractivity contribution in [1.82, 2.24) is 4.90 Å². The van der Waals surface area contributed by atoms with Gasteiger partial charge in [0.2, 0.25) is 0 Å². The van der Waals surface area contributed by atoms with Crippen LogP contribution in [0.1, 0.15) is 50.9 Å². The number of carbonyl (C=O) groups excluding carboxylic acids is 1. The van der Waals surface area contributed by atoms with E-state index < -0.39 is 11.7 Å². The molecule has 1 atom stereocenters. The largest absolute Gasteiger partial charge is 0.416 e. The zero-order valence-corrected chi connectivity index (χ0v) is 18.2. The minimum Gasteiger partial charge on any atom is -0.312 e. The van der Waals surface area contributed by atoms with Gasteiger partial charge in [-0.05, 0) is 67.0 Å². The van der Waals surface area contributed by atoms with Crippen molar-refractivity contribution >= 4 is 23.1 Å². The molecule has 3 nitrogen and oxygen atoms in total. The molecule has 2 amide bonds. The Morgan fingerprint density at radius 2 is 1.75 bits per heavy atom. The summed E-state index contributed by atoms with van der Waals surface area (Å²) in [5, 5.41) is 2.71. The smallest absolute Gasteiger partial charge is 0.312 e. The number of hydrogen-bond acceptors (Lipinski definition) is 2. The topological polar surface area (TPSA) is 32.3 Å². The molecule has 2 heterocycles. The Morgan fingerprint density at radius 1 is 0.969 bits per heavy atom. The van der Waals surface area contributed by atoms with Crippen LogP contribution in [-0.4, -0.2) is 17.5 Å². The van der Waals surface area contributed by atoms with Gasteiger partial charge in [0.15, 0.2) is 0 Å². The summed E-state index contributed by atoms with van der Waals surface area (Å²) in [5.41, 5.74) is 3.23. The van der Waals surface area contributed by atoms with Crippen LogP contribution in [0.2, 0.25) is 0 Å². The third-order valence-corrected chi connectivity index (χ3v) is 7.68. The highest BCUT2D eigenvalue weighted by molar-refractivity contribution is 7.12. The molecule has 0 saturated carbocycles. The van der Waals surface area contributed by atoms with Gasteiger partial charge >= 0.3 is 12.2 Å². The van der Waals surface area contributed by atoms with Gasteiger partial charge in [0.25, 0.3) is 0 Å². The number of thiophene rings is 1. The molecule has 0 fully saturated rings. The first-order chi connectivity index (χ1) is 15.4. The van der Waals surface area contributed by atoms with Crippen LogP contribution in [-0.2, 0) is 25.4 Å². The predicted octanol–water partition coefficient (Wildman–Crippen LogP) is 6.83. The van der Waals surface area contributed by atoms with Crippen molar-refractivity contribution in [2.24, 2.45) is 0 Å². The summed E-state index contributed by atoms with van der Waals surface area (Å²) in [6.45, 7) is 0.528. The number of aryl methyl sites for hydroxylation is 1. The van der Waals surface area contributed by atoms with Gasteiger partial charge in [0.1, 0.15) is 0 Å². The van der Waals surface area contributed by atoms with E-state index in [-0.39, 0.29) is 17.8 Å². The van der Waals surface area contributed by atoms with E-state index in [0.717, 1.165) is 37.0 Å². The second kappa shape index (κ2) is 8.28. The maximum atomic E-state index is 13.3. The van der Waals surface area contributed by atoms with Crippen molar-refractivity contribution in [2.45, 2.75) is 44.3 Å². The van der Waals surface area contributed by atoms with Crippen molar-refractivity contribution in [2.75, 3.05) is 11.9 Å². The number of anilines is 1. The quantitative estimate of drug-likeness (QED) is 0.451. The molecule has 7 heteroatoms. The number of nitrogens with zero attached hydrogens (tertiary/aromatic N) is 1. The Kier molecular flexibility index (Phi) is 5.45. The van der Waals surface area contributed by atoms with E-state index in [1.807, 2.05) is 30.3 Å². The second-order valence-corrected chi connectivity index (χ2v) is 9.46. The van der Waals surface area contributed by atoms with Crippen LogP contribution in [0.4, 0.5) is 23.7 Å². The summed E-state index contributed by atoms with van der Waals surface area (Å²) in [6, 6.07) is 14.1. The SMILES string of the molecule is O=C(Nc1cccc(C(F)(F)F)c1)N1CCc2c(sc3c2CCCC3)[C@@H]1c1ccccc1. The molecule has 2 aromatic carbocycles. The number of hydrogen-bond donors (Lipinski definition) is 1. The number of fused-ring (bicyclic) bond motifs is 3. The number of benzene rings is 2. The predicted molar refractivity (Wildman–Crippen MR) is 120 cm³/mol. The number of rotatable bonds is 2. The molecular weight excluding hydrogens is 433 g/mol. The molecule has 1 aromatic heterocycles. The lowest BCUT2D eigenvalue weighted by atomic mass is 9.88. The van der Waals surface area contributed by atoms with E-state index in [1.165, 1.54) is 45.9 Å². The Bertz CT molecular complexity index is 1140. The first kappa shape index (κ1) is 21.1. The first-order valence-corrected chi connectivity index (χ1v) is 11.7. The van der Waals surface area contributed by atoms with E-state index in [9.17, 15) is 18.0 Å². The molecule has 0 bridgehead atoms. The number of nitrogens with one attached hydrogen (secondary N) is 1. The lowest BCUT2D eigenvalue weighted by Crippen LogP contribution is -2.42. The molecule has 0 saturated heterocycles. The van der Waals surface area contributed by atoms with Crippen molar-refractivity contribution in [3.05, 3.63) is 86.6 Å². The van der Waals surface area contributed by atoms with Gasteiger partial charge in [0.05, 0.1) is 11.6 Å². The van der Waals surface area contributed by atoms with Crippen molar-refractivity contribution in [1.29, 1.82) is 0 Å². The van der Waals surface area contributed by atoms with Gasteiger partial charge in [-0.1, -0.05) is 36.4 Å². The summed E-state index contributed by atoms with van der Waals surface area (Å²) >= 11 is 1.80. The van der Waals surface area contributed by atoms with Crippen LogP contribution in [0, 0.1) is 0 Å². The summed E-state index contributed by atoms with van der Waals surface area (Å²) in [6.07, 6.45) is 0.905. The Hall–Kier alpha value is -2.80. The molecular formula is C25H23F3N2OS. The summed E-state index contributed by atoms with van der Waals surface area (Å²) in [7, 11) is 0. The van der Waals surface area contributed by atoms with E-state index in [1.54, 1.807) is 16.2 Å². The molecule has 3 aromatic rings. The van der Waals surface area contributed by atoms with Gasteiger partial charge in [-0.3, -0.25) is 0 Å². The zero-order valence-electron chi connectivity index (χ0n) is 17.4. The lowest BCUT2D eigenvalue weighted by molar-refractivity contribution is -0.137. The molecule has 1 aliphatic heterocycles. The lowest BCUT2D eigenvalue weighted by Gasteiger charge is -2.36. The average molecular weight is 457 g/mol. The fourth-order valence-corrected chi connectivity index (χ4v) is 6.39. The molecule has 1 aliphatic carbocycles. The highest BCUT2D eigenvalue weighted by Crippen LogP contribution is 2.45. The van der Waals surface area contributed by atoms with Crippen LogP contribution in [0.15, 0.2) is 54.6 Å². The Balaban J connectivity index is 1.49. The molecule has 32 heavy (non-hydrogen) atoms. The van der Waals surface area contributed by atoms with E-state index >= 15 is 0 Å². The van der Waals surface area contributed by atoms with Crippen molar-refractivity contribution < 1.29 is 18.0 Å². The van der Waals surface area contributed by atoms with Crippen molar-refractivity contribution in [3.63, 3.8) is 0 Å². The number of amides is 2. The van der Waals surface area contributed by atoms with Gasteiger partial charge in [0, 0.05) is 22.0 Å². The monoisotopic (exact) mass is 456 g/mol. The Morgan fingerprint density at radius 3 is 2.53 bits per heavy atom. The minimum absolute atomic E-state index is 0.146. The van der Waals surface area contributed by atoms with Crippen molar-refractivity contribution in [3.8, 4) is 0 Å². The highest BCUT2D eigenvalue weighted by atomic mass is 32.1. The van der Waals surface area contributed by atoms with Gasteiger partial charge < -0.3 is 10.2 Å². The molecule has 0 unspecified atom stereocenters. The third-order valence-electron chi connectivity index (χ3n) is 6.29. The summed E-state index contributed by atoms with van der Waals surface area (Å²) in [4.78, 5) is 17.7. The van der Waals surface area contributed by atoms with Gasteiger partial charge in [-0.15, -0.1) is 11.3 Å². The van der Waals surface area contributed by atoms with Gasteiger partial charge in [-0.25, -0.2) is 4.79 Å². The number of carbonyl (C=O) groups is 1. The van der Waals surface area contributed by atoms with Gasteiger partial charge in [-0.2, -0.15) is 13.2 Å². The van der Waals surface area contributed by atoms with E-state index in [2.05, 4.69) is 5.32 Å². The number of alkyl halides is 3. The maximum absolute atomic E-state index is 13.3. The normalized spacial score (nSPS) is 18.1. The fourth-order valence-electron chi connectivity index (χ4n) is 4.80. The zero-order chi connectivity index (χ0) is 22.3. The first-order valence-electron chi connectivity index (χ1n) is 10.8. The van der Waals surface area contributed by atoms with Crippen LogP contribution < -0.4 is 5.32 Å². The average Bonchev–Trinajstić information content (AvgIpc) is 3.17. The number of urea groups is 1. The summed E-state index contributed by atoms with van der Waals surface area (Å²) < 4.78 is 39.3. The van der Waals surface area contributed by atoms with E-state index in [0.29, 0.717) is 6.54 Å². The summed E-state index contributed by atoms with van der Waals surface area (Å²) in [5.74, 6) is 0. The fraction of sp³-hybridized carbons (Fsp3) is 0.320. The molecule has 166 valence electrons. The molecule has 5 rings (SSSR count). The van der Waals surface area contributed by atoms with Crippen LogP contribution in [0.3, 0.4) is 0 Å². The van der Waals surface area contributed by atoms with Crippen LogP contribution in [0.5, 0.6) is 0 Å². The molecule has 0 spiro atoms. The highest BCUT2D eigenvalue weighted by Gasteiger charge is 2.37. The molecule has 1 N–H and O–H groups in total. The van der Waals surface area contributed by atoms with E-state index in [4.69, 9.17) is 0 Å². The number of halogens is 3. The van der Waals surface area contributed by atoms with Crippen LogP contribution >= 0.6 is 11.3 Å². The standard InChI is InChI=1S/C25H23F3N2OS/c26-25(27,28)17-9-6-10-18(15-17)29-24(31)30-14-13-20-19-11-4-5-12-21(19)32-23(20)22(30)16-7-2-1-3-8-16/h1-3,6-10,15,22H,4-5,11-14H2,(H,29,31)/t22-/m0/s1. The molecule has 2 aliphatic rings. The minimum atomic E-state index is -4.45. The van der Waals surface area contributed by atoms with Crippen LogP contribution in [0.25, 0.3) is 0 Å². The maximum Gasteiger partial charge on any atom is 0.416 e. The second-order valence-electron chi connectivity index (χ2n) is 8.32.